The number of halogens is 2. The molecule has 1 amide bonds. The largest absolute Gasteiger partial charge is 0.379 e. The van der Waals surface area contributed by atoms with Crippen LogP contribution >= 0.6 is 23.2 Å². The molecule has 116 valence electrons. The minimum absolute atomic E-state index is 0.0404. The molecule has 1 aliphatic heterocycles. The minimum Gasteiger partial charge on any atom is -0.379 e. The molecule has 2 rings (SSSR count). The van der Waals surface area contributed by atoms with Crippen LogP contribution in [0.2, 0.25) is 10.0 Å². The Labute approximate surface area is 132 Å². The van der Waals surface area contributed by atoms with Crippen molar-refractivity contribution in [2.75, 3.05) is 13.2 Å². The van der Waals surface area contributed by atoms with Crippen molar-refractivity contribution in [1.29, 1.82) is 0 Å². The maximum absolute atomic E-state index is 12.3. The number of hydrogen-bond donors (Lipinski definition) is 2. The zero-order valence-electron chi connectivity index (χ0n) is 11.2. The molecule has 0 spiro atoms. The predicted octanol–water partition coefficient (Wildman–Crippen LogP) is 1.55. The molecule has 1 heterocycles. The Hall–Kier alpha value is -0.860. The molecule has 1 saturated heterocycles. The summed E-state index contributed by atoms with van der Waals surface area (Å²) >= 11 is 11.8. The summed E-state index contributed by atoms with van der Waals surface area (Å²) in [4.78, 5) is 11.9. The number of ether oxygens (including phenoxy) is 1. The molecule has 1 unspecified atom stereocenters. The van der Waals surface area contributed by atoms with Crippen LogP contribution in [0.3, 0.4) is 0 Å². The van der Waals surface area contributed by atoms with E-state index in [1.54, 1.807) is 0 Å². The number of nitrogens with one attached hydrogen (secondary N) is 1. The molecule has 1 aromatic carbocycles. The van der Waals surface area contributed by atoms with Crippen LogP contribution < -0.4 is 10.5 Å². The van der Waals surface area contributed by atoms with Gasteiger partial charge >= 0.3 is 0 Å². The fourth-order valence-electron chi connectivity index (χ4n) is 2.04. The SMILES string of the molecule is CC1(NC(=O)c2cc(Cl)cc(S(N)(=O)=O)c2Cl)CCOC1. The molecule has 0 bridgehead atoms. The second kappa shape index (κ2) is 5.73. The number of rotatable bonds is 3. The van der Waals surface area contributed by atoms with E-state index in [0.717, 1.165) is 6.07 Å². The van der Waals surface area contributed by atoms with Crippen LogP contribution in [0, 0.1) is 0 Å². The summed E-state index contributed by atoms with van der Waals surface area (Å²) in [5, 5.41) is 7.65. The lowest BCUT2D eigenvalue weighted by Gasteiger charge is -2.24. The second-order valence-electron chi connectivity index (χ2n) is 5.13. The van der Waals surface area contributed by atoms with E-state index in [1.807, 2.05) is 6.92 Å². The van der Waals surface area contributed by atoms with Gasteiger partial charge in [-0.25, -0.2) is 13.6 Å². The highest BCUT2D eigenvalue weighted by Gasteiger charge is 2.32. The van der Waals surface area contributed by atoms with Gasteiger partial charge in [-0.1, -0.05) is 23.2 Å². The lowest BCUT2D eigenvalue weighted by molar-refractivity contribution is 0.0890. The number of carbonyl (C=O) groups excluding carboxylic acids is 1. The summed E-state index contributed by atoms with van der Waals surface area (Å²) in [6.07, 6.45) is 0.652. The van der Waals surface area contributed by atoms with Crippen LogP contribution in [0.1, 0.15) is 23.7 Å². The first-order valence-electron chi connectivity index (χ1n) is 6.04. The molecule has 1 atom stereocenters. The van der Waals surface area contributed by atoms with E-state index >= 15 is 0 Å². The van der Waals surface area contributed by atoms with Crippen LogP contribution in [0.25, 0.3) is 0 Å². The summed E-state index contributed by atoms with van der Waals surface area (Å²) in [6, 6.07) is 2.41. The maximum atomic E-state index is 12.3. The molecule has 0 aliphatic carbocycles. The zero-order valence-corrected chi connectivity index (χ0v) is 13.5. The average Bonchev–Trinajstić information content (AvgIpc) is 2.76. The van der Waals surface area contributed by atoms with Crippen LogP contribution in [-0.2, 0) is 14.8 Å². The van der Waals surface area contributed by atoms with E-state index in [1.165, 1.54) is 6.07 Å². The third kappa shape index (κ3) is 3.67. The molecule has 1 fully saturated rings. The lowest BCUT2D eigenvalue weighted by atomic mass is 10.0. The van der Waals surface area contributed by atoms with E-state index in [-0.39, 0.29) is 20.5 Å². The average molecular weight is 353 g/mol. The Morgan fingerprint density at radius 2 is 2.10 bits per heavy atom. The molecule has 0 aromatic heterocycles. The molecule has 1 aromatic rings. The van der Waals surface area contributed by atoms with Gasteiger partial charge in [-0.15, -0.1) is 0 Å². The Balaban J connectivity index is 2.40. The van der Waals surface area contributed by atoms with Crippen molar-refractivity contribution >= 4 is 39.1 Å². The molecular weight excluding hydrogens is 339 g/mol. The molecule has 1 aliphatic rings. The zero-order chi connectivity index (χ0) is 15.8. The van der Waals surface area contributed by atoms with Gasteiger partial charge in [-0.3, -0.25) is 4.79 Å². The molecule has 9 heteroatoms. The van der Waals surface area contributed by atoms with E-state index in [0.29, 0.717) is 19.6 Å². The Bertz CT molecular complexity index is 685. The number of hydrogen-bond acceptors (Lipinski definition) is 4. The van der Waals surface area contributed by atoms with Gasteiger partial charge in [-0.2, -0.15) is 0 Å². The van der Waals surface area contributed by atoms with Crippen molar-refractivity contribution in [3.05, 3.63) is 27.7 Å². The highest BCUT2D eigenvalue weighted by molar-refractivity contribution is 7.89. The van der Waals surface area contributed by atoms with Crippen molar-refractivity contribution in [3.8, 4) is 0 Å². The third-order valence-corrected chi connectivity index (χ3v) is 4.86. The molecule has 6 nitrogen and oxygen atoms in total. The Morgan fingerprint density at radius 1 is 1.43 bits per heavy atom. The normalized spacial score (nSPS) is 22.3. The Morgan fingerprint density at radius 3 is 2.62 bits per heavy atom. The second-order valence-corrected chi connectivity index (χ2v) is 7.47. The van der Waals surface area contributed by atoms with E-state index < -0.39 is 21.5 Å². The van der Waals surface area contributed by atoms with Gasteiger partial charge in [0.15, 0.2) is 0 Å². The molecule has 3 N–H and O–H groups in total. The molecular formula is C12H14Cl2N2O4S. The maximum Gasteiger partial charge on any atom is 0.253 e. The summed E-state index contributed by atoms with van der Waals surface area (Å²) in [5.41, 5.74) is -0.564. The number of primary sulfonamides is 1. The van der Waals surface area contributed by atoms with Gasteiger partial charge in [0.2, 0.25) is 10.0 Å². The number of nitrogens with two attached hydrogens (primary N) is 1. The quantitative estimate of drug-likeness (QED) is 0.861. The van der Waals surface area contributed by atoms with Crippen LogP contribution in [0.5, 0.6) is 0 Å². The molecule has 21 heavy (non-hydrogen) atoms. The van der Waals surface area contributed by atoms with E-state index in [2.05, 4.69) is 5.32 Å². The van der Waals surface area contributed by atoms with E-state index in [9.17, 15) is 13.2 Å². The summed E-state index contributed by atoms with van der Waals surface area (Å²) in [7, 11) is -4.08. The number of sulfonamides is 1. The minimum atomic E-state index is -4.08. The molecule has 0 saturated carbocycles. The standard InChI is InChI=1S/C12H14Cl2N2O4S/c1-12(2-3-20-6-12)16-11(17)8-4-7(13)5-9(10(8)14)21(15,18)19/h4-5H,2-3,6H2,1H3,(H,16,17)(H2,15,18,19). The summed E-state index contributed by atoms with van der Waals surface area (Å²) in [6.45, 7) is 2.75. The summed E-state index contributed by atoms with van der Waals surface area (Å²) in [5.74, 6) is -0.527. The Kier molecular flexibility index (Phi) is 4.51. The highest BCUT2D eigenvalue weighted by Crippen LogP contribution is 2.29. The van der Waals surface area contributed by atoms with E-state index in [4.69, 9.17) is 33.1 Å². The van der Waals surface area contributed by atoms with Crippen molar-refractivity contribution in [3.63, 3.8) is 0 Å². The van der Waals surface area contributed by atoms with Gasteiger partial charge in [0.1, 0.15) is 4.90 Å². The van der Waals surface area contributed by atoms with Crippen molar-refractivity contribution in [1.82, 2.24) is 5.32 Å². The fourth-order valence-corrected chi connectivity index (χ4v) is 3.49. The number of benzene rings is 1. The number of carbonyl (C=O) groups is 1. The van der Waals surface area contributed by atoms with Crippen molar-refractivity contribution in [2.24, 2.45) is 5.14 Å². The smallest absolute Gasteiger partial charge is 0.253 e. The van der Waals surface area contributed by atoms with Gasteiger partial charge < -0.3 is 10.1 Å². The first-order chi connectivity index (χ1) is 9.62. The first kappa shape index (κ1) is 16.5. The number of amides is 1. The van der Waals surface area contributed by atoms with Crippen molar-refractivity contribution < 1.29 is 17.9 Å². The monoisotopic (exact) mass is 352 g/mol. The topological polar surface area (TPSA) is 98.5 Å². The van der Waals surface area contributed by atoms with Crippen LogP contribution in [-0.4, -0.2) is 33.1 Å². The first-order valence-corrected chi connectivity index (χ1v) is 8.35. The van der Waals surface area contributed by atoms with Crippen molar-refractivity contribution in [2.45, 2.75) is 23.8 Å². The van der Waals surface area contributed by atoms with Gasteiger partial charge in [0.05, 0.1) is 22.7 Å². The lowest BCUT2D eigenvalue weighted by Crippen LogP contribution is -2.46. The van der Waals surface area contributed by atoms with Crippen LogP contribution in [0.4, 0.5) is 0 Å². The predicted molar refractivity (Wildman–Crippen MR) is 79.1 cm³/mol. The molecule has 0 radical (unpaired) electrons. The van der Waals surface area contributed by atoms with Crippen LogP contribution in [0.15, 0.2) is 17.0 Å². The van der Waals surface area contributed by atoms with Gasteiger partial charge in [0, 0.05) is 11.6 Å². The third-order valence-electron chi connectivity index (χ3n) is 3.19. The van der Waals surface area contributed by atoms with Gasteiger partial charge in [0.25, 0.3) is 5.91 Å². The summed E-state index contributed by atoms with van der Waals surface area (Å²) < 4.78 is 28.2. The van der Waals surface area contributed by atoms with Gasteiger partial charge in [-0.05, 0) is 25.5 Å². The highest BCUT2D eigenvalue weighted by atomic mass is 35.5. The fraction of sp³-hybridized carbons (Fsp3) is 0.417.